The van der Waals surface area contributed by atoms with Gasteiger partial charge in [-0.15, -0.1) is 0 Å². The smallest absolute Gasteiger partial charge is 0.304 e. The zero-order chi connectivity index (χ0) is 12.0. The van der Waals surface area contributed by atoms with Crippen LogP contribution in [0.25, 0.3) is 0 Å². The quantitative estimate of drug-likeness (QED) is 0.721. The standard InChI is InChI=1S/C13H19NO2/c1-10-3-4-11(2)12(9-10)5-7-14-8-6-13(15)16/h3-4,9,14H,5-8H2,1-2H3,(H,15,16). The molecule has 1 aromatic carbocycles. The molecule has 0 amide bonds. The first-order chi connectivity index (χ1) is 7.59. The van der Waals surface area contributed by atoms with Crippen molar-refractivity contribution in [2.75, 3.05) is 13.1 Å². The van der Waals surface area contributed by atoms with Gasteiger partial charge in [0.15, 0.2) is 0 Å². The summed E-state index contributed by atoms with van der Waals surface area (Å²) in [6, 6.07) is 6.42. The lowest BCUT2D eigenvalue weighted by molar-refractivity contribution is -0.136. The van der Waals surface area contributed by atoms with E-state index in [4.69, 9.17) is 5.11 Å². The van der Waals surface area contributed by atoms with Crippen LogP contribution in [0.4, 0.5) is 0 Å². The minimum Gasteiger partial charge on any atom is -0.481 e. The molecule has 0 bridgehead atoms. The molecule has 0 saturated heterocycles. The fourth-order valence-corrected chi connectivity index (χ4v) is 1.61. The highest BCUT2D eigenvalue weighted by molar-refractivity contribution is 5.66. The summed E-state index contributed by atoms with van der Waals surface area (Å²) in [7, 11) is 0. The van der Waals surface area contributed by atoms with Crippen LogP contribution in [0.5, 0.6) is 0 Å². The molecule has 0 aliphatic carbocycles. The number of aliphatic carboxylic acids is 1. The maximum absolute atomic E-state index is 10.3. The first-order valence-corrected chi connectivity index (χ1v) is 5.58. The molecule has 0 saturated carbocycles. The molecular weight excluding hydrogens is 202 g/mol. The van der Waals surface area contributed by atoms with E-state index in [0.717, 1.165) is 13.0 Å². The van der Waals surface area contributed by atoms with Crippen LogP contribution in [0, 0.1) is 13.8 Å². The molecule has 0 fully saturated rings. The van der Waals surface area contributed by atoms with E-state index in [2.05, 4.69) is 37.4 Å². The van der Waals surface area contributed by atoms with E-state index in [0.29, 0.717) is 6.54 Å². The van der Waals surface area contributed by atoms with E-state index >= 15 is 0 Å². The van der Waals surface area contributed by atoms with Gasteiger partial charge in [0.2, 0.25) is 0 Å². The Kier molecular flexibility index (Phi) is 4.99. The predicted octanol–water partition coefficient (Wildman–Crippen LogP) is 1.91. The number of carboxylic acids is 1. The first-order valence-electron chi connectivity index (χ1n) is 5.58. The van der Waals surface area contributed by atoms with E-state index in [1.54, 1.807) is 0 Å². The fourth-order valence-electron chi connectivity index (χ4n) is 1.61. The number of carboxylic acid groups (broad SMARTS) is 1. The van der Waals surface area contributed by atoms with Crippen molar-refractivity contribution in [1.29, 1.82) is 0 Å². The summed E-state index contributed by atoms with van der Waals surface area (Å²) in [5.41, 5.74) is 3.90. The molecule has 0 unspecified atom stereocenters. The van der Waals surface area contributed by atoms with E-state index in [-0.39, 0.29) is 6.42 Å². The summed E-state index contributed by atoms with van der Waals surface area (Å²) in [6.45, 7) is 5.56. The lowest BCUT2D eigenvalue weighted by atomic mass is 10.0. The molecule has 1 rings (SSSR count). The second-order valence-electron chi connectivity index (χ2n) is 4.07. The number of hydrogen-bond acceptors (Lipinski definition) is 2. The molecule has 88 valence electrons. The Bertz CT molecular complexity index is 361. The molecule has 3 nitrogen and oxygen atoms in total. The summed E-state index contributed by atoms with van der Waals surface area (Å²) in [5, 5.41) is 11.6. The van der Waals surface area contributed by atoms with Gasteiger partial charge in [-0.3, -0.25) is 4.79 Å². The number of rotatable bonds is 6. The molecule has 2 N–H and O–H groups in total. The van der Waals surface area contributed by atoms with Gasteiger partial charge < -0.3 is 10.4 Å². The second-order valence-corrected chi connectivity index (χ2v) is 4.07. The maximum atomic E-state index is 10.3. The van der Waals surface area contributed by atoms with Crippen molar-refractivity contribution in [3.63, 3.8) is 0 Å². The molecule has 16 heavy (non-hydrogen) atoms. The van der Waals surface area contributed by atoms with Gasteiger partial charge in [0.1, 0.15) is 0 Å². The van der Waals surface area contributed by atoms with Crippen molar-refractivity contribution in [3.8, 4) is 0 Å². The summed E-state index contributed by atoms with van der Waals surface area (Å²) < 4.78 is 0. The average molecular weight is 221 g/mol. The summed E-state index contributed by atoms with van der Waals surface area (Å²) in [4.78, 5) is 10.3. The highest BCUT2D eigenvalue weighted by Crippen LogP contribution is 2.10. The van der Waals surface area contributed by atoms with Crippen LogP contribution < -0.4 is 5.32 Å². The zero-order valence-electron chi connectivity index (χ0n) is 9.92. The zero-order valence-corrected chi connectivity index (χ0v) is 9.92. The first kappa shape index (κ1) is 12.7. The molecule has 0 aliphatic heterocycles. The van der Waals surface area contributed by atoms with Crippen LogP contribution in [0.3, 0.4) is 0 Å². The summed E-state index contributed by atoms with van der Waals surface area (Å²) in [6.07, 6.45) is 1.14. The number of carbonyl (C=O) groups is 1. The Morgan fingerprint density at radius 2 is 2.06 bits per heavy atom. The highest BCUT2D eigenvalue weighted by Gasteiger charge is 1.99. The monoisotopic (exact) mass is 221 g/mol. The van der Waals surface area contributed by atoms with E-state index in [1.807, 2.05) is 0 Å². The van der Waals surface area contributed by atoms with Crippen molar-refractivity contribution < 1.29 is 9.90 Å². The van der Waals surface area contributed by atoms with Gasteiger partial charge in [0, 0.05) is 6.54 Å². The van der Waals surface area contributed by atoms with Gasteiger partial charge in [-0.25, -0.2) is 0 Å². The lowest BCUT2D eigenvalue weighted by Crippen LogP contribution is -2.21. The van der Waals surface area contributed by atoms with Crippen molar-refractivity contribution >= 4 is 5.97 Å². The highest BCUT2D eigenvalue weighted by atomic mass is 16.4. The molecular formula is C13H19NO2. The van der Waals surface area contributed by atoms with Crippen molar-refractivity contribution in [2.24, 2.45) is 0 Å². The van der Waals surface area contributed by atoms with Crippen LogP contribution in [0.15, 0.2) is 18.2 Å². The molecule has 3 heteroatoms. The SMILES string of the molecule is Cc1ccc(C)c(CCNCCC(=O)O)c1. The van der Waals surface area contributed by atoms with Crippen molar-refractivity contribution in [3.05, 3.63) is 34.9 Å². The second kappa shape index (κ2) is 6.28. The largest absolute Gasteiger partial charge is 0.481 e. The minimum absolute atomic E-state index is 0.187. The molecule has 1 aromatic rings. The molecule has 0 heterocycles. The lowest BCUT2D eigenvalue weighted by Gasteiger charge is -2.07. The summed E-state index contributed by atoms with van der Waals surface area (Å²) >= 11 is 0. The summed E-state index contributed by atoms with van der Waals surface area (Å²) in [5.74, 6) is -0.751. The fraction of sp³-hybridized carbons (Fsp3) is 0.462. The van der Waals surface area contributed by atoms with Crippen LogP contribution in [-0.2, 0) is 11.2 Å². The molecule has 0 atom stereocenters. The Labute approximate surface area is 96.5 Å². The Morgan fingerprint density at radius 3 is 2.75 bits per heavy atom. The normalized spacial score (nSPS) is 10.4. The van der Waals surface area contributed by atoms with Gasteiger partial charge in [-0.1, -0.05) is 23.8 Å². The average Bonchev–Trinajstić information content (AvgIpc) is 2.22. The van der Waals surface area contributed by atoms with Gasteiger partial charge in [-0.05, 0) is 37.9 Å². The van der Waals surface area contributed by atoms with Crippen molar-refractivity contribution in [2.45, 2.75) is 26.7 Å². The van der Waals surface area contributed by atoms with Crippen LogP contribution >= 0.6 is 0 Å². The van der Waals surface area contributed by atoms with E-state index < -0.39 is 5.97 Å². The van der Waals surface area contributed by atoms with Gasteiger partial charge >= 0.3 is 5.97 Å². The predicted molar refractivity (Wildman–Crippen MR) is 64.7 cm³/mol. The number of nitrogens with one attached hydrogen (secondary N) is 1. The number of hydrogen-bond donors (Lipinski definition) is 2. The van der Waals surface area contributed by atoms with Gasteiger partial charge in [0.05, 0.1) is 6.42 Å². The minimum atomic E-state index is -0.751. The third kappa shape index (κ3) is 4.45. The third-order valence-electron chi connectivity index (χ3n) is 2.59. The Balaban J connectivity index is 2.31. The molecule has 0 radical (unpaired) electrons. The third-order valence-corrected chi connectivity index (χ3v) is 2.59. The van der Waals surface area contributed by atoms with Crippen LogP contribution in [0.2, 0.25) is 0 Å². The van der Waals surface area contributed by atoms with Crippen molar-refractivity contribution in [1.82, 2.24) is 5.32 Å². The maximum Gasteiger partial charge on any atom is 0.304 e. The number of benzene rings is 1. The molecule has 0 aliphatic rings. The Morgan fingerprint density at radius 1 is 1.31 bits per heavy atom. The number of aryl methyl sites for hydroxylation is 2. The van der Waals surface area contributed by atoms with E-state index in [9.17, 15) is 4.79 Å². The van der Waals surface area contributed by atoms with Gasteiger partial charge in [0.25, 0.3) is 0 Å². The van der Waals surface area contributed by atoms with Gasteiger partial charge in [-0.2, -0.15) is 0 Å². The van der Waals surface area contributed by atoms with E-state index in [1.165, 1.54) is 16.7 Å². The van der Waals surface area contributed by atoms with Crippen LogP contribution in [-0.4, -0.2) is 24.2 Å². The van der Waals surface area contributed by atoms with Crippen LogP contribution in [0.1, 0.15) is 23.1 Å². The molecule has 0 aromatic heterocycles. The topological polar surface area (TPSA) is 49.3 Å². The Hall–Kier alpha value is -1.35. The molecule has 0 spiro atoms.